The molecule has 1 aromatic carbocycles. The number of hydrogen-bond acceptors (Lipinski definition) is 0. The van der Waals surface area contributed by atoms with Crippen LogP contribution in [-0.2, 0) is 0 Å². The zero-order chi connectivity index (χ0) is 9.90. The van der Waals surface area contributed by atoms with Gasteiger partial charge in [0.2, 0.25) is 0 Å². The minimum absolute atomic E-state index is 0.707. The molecule has 0 saturated carbocycles. The second-order valence-electron chi connectivity index (χ2n) is 4.66. The van der Waals surface area contributed by atoms with Crippen molar-refractivity contribution in [3.63, 3.8) is 0 Å². The Morgan fingerprint density at radius 1 is 1.08 bits per heavy atom. The average molecular weight is 257 g/mol. The first-order valence-corrected chi connectivity index (χ1v) is 10.4. The zero-order valence-electron chi connectivity index (χ0n) is 8.92. The molecular formula is C11H18SeSi. The van der Waals surface area contributed by atoms with Gasteiger partial charge in [0.1, 0.15) is 0 Å². The van der Waals surface area contributed by atoms with Crippen molar-refractivity contribution in [2.45, 2.75) is 31.5 Å². The van der Waals surface area contributed by atoms with Crippen molar-refractivity contribution in [2.24, 2.45) is 0 Å². The van der Waals surface area contributed by atoms with Crippen LogP contribution in [0.5, 0.6) is 0 Å². The monoisotopic (exact) mass is 258 g/mol. The molecule has 0 aliphatic heterocycles. The summed E-state index contributed by atoms with van der Waals surface area (Å²) >= 11 is 0.707. The van der Waals surface area contributed by atoms with Gasteiger partial charge in [0.05, 0.1) is 0 Å². The van der Waals surface area contributed by atoms with Crippen LogP contribution >= 0.6 is 0 Å². The first kappa shape index (κ1) is 11.0. The van der Waals surface area contributed by atoms with E-state index in [0.717, 1.165) is 0 Å². The second kappa shape index (κ2) is 4.45. The minimum atomic E-state index is -0.826. The molecule has 0 spiro atoms. The van der Waals surface area contributed by atoms with Gasteiger partial charge in [-0.25, -0.2) is 0 Å². The van der Waals surface area contributed by atoms with E-state index in [4.69, 9.17) is 0 Å². The SMILES string of the molecule is Cc1ccc([Se]C[Si](C)(C)C)cc1. The molecule has 0 atom stereocenters. The Morgan fingerprint density at radius 3 is 2.08 bits per heavy atom. The van der Waals surface area contributed by atoms with Crippen molar-refractivity contribution in [1.29, 1.82) is 0 Å². The summed E-state index contributed by atoms with van der Waals surface area (Å²) in [6, 6.07) is 9.02. The van der Waals surface area contributed by atoms with Gasteiger partial charge >= 0.3 is 88.8 Å². The van der Waals surface area contributed by atoms with Gasteiger partial charge in [-0.1, -0.05) is 0 Å². The Kier molecular flexibility index (Phi) is 3.78. The third-order valence-electron chi connectivity index (χ3n) is 1.69. The molecule has 0 heterocycles. The molecule has 0 aliphatic carbocycles. The predicted octanol–water partition coefficient (Wildman–Crippen LogP) is 2.62. The van der Waals surface area contributed by atoms with E-state index in [1.54, 1.807) is 4.46 Å². The van der Waals surface area contributed by atoms with Crippen LogP contribution in [0.2, 0.25) is 24.6 Å². The maximum atomic E-state index is 2.45. The fraction of sp³-hybridized carbons (Fsp3) is 0.455. The summed E-state index contributed by atoms with van der Waals surface area (Å²) in [5, 5.41) is 0. The Balaban J connectivity index is 2.51. The molecule has 72 valence electrons. The molecule has 0 unspecified atom stereocenters. The molecule has 0 aliphatic rings. The van der Waals surface area contributed by atoms with Crippen LogP contribution in [-0.4, -0.2) is 23.0 Å². The maximum absolute atomic E-state index is 2.45. The molecule has 1 rings (SSSR count). The van der Waals surface area contributed by atoms with E-state index < -0.39 is 8.07 Å². The van der Waals surface area contributed by atoms with E-state index in [1.807, 2.05) is 0 Å². The molecule has 0 amide bonds. The first-order chi connectivity index (χ1) is 5.97. The van der Waals surface area contributed by atoms with Crippen LogP contribution in [0, 0.1) is 6.92 Å². The zero-order valence-corrected chi connectivity index (χ0v) is 11.6. The molecule has 0 saturated heterocycles. The molecule has 0 aromatic heterocycles. The standard InChI is InChI=1S/C11H18SeSi/c1-10-5-7-11(8-6-10)12-9-13(2,3)4/h5-8H,9H2,1-4H3. The predicted molar refractivity (Wildman–Crippen MR) is 64.7 cm³/mol. The molecule has 0 radical (unpaired) electrons. The van der Waals surface area contributed by atoms with E-state index in [2.05, 4.69) is 50.8 Å². The number of rotatable bonds is 3. The van der Waals surface area contributed by atoms with E-state index >= 15 is 0 Å². The average Bonchev–Trinajstić information content (AvgIpc) is 2.02. The van der Waals surface area contributed by atoms with Crippen molar-refractivity contribution in [2.75, 3.05) is 0 Å². The van der Waals surface area contributed by atoms with Gasteiger partial charge in [-0.15, -0.1) is 0 Å². The number of benzene rings is 1. The van der Waals surface area contributed by atoms with Gasteiger partial charge < -0.3 is 0 Å². The fourth-order valence-electron chi connectivity index (χ4n) is 0.934. The van der Waals surface area contributed by atoms with Crippen LogP contribution in [0.15, 0.2) is 24.3 Å². The van der Waals surface area contributed by atoms with E-state index in [0.29, 0.717) is 15.0 Å². The van der Waals surface area contributed by atoms with Gasteiger partial charge in [0, 0.05) is 0 Å². The summed E-state index contributed by atoms with van der Waals surface area (Å²) in [5.74, 6) is 0. The van der Waals surface area contributed by atoms with Crippen LogP contribution in [0.4, 0.5) is 0 Å². The first-order valence-electron chi connectivity index (χ1n) is 4.67. The molecule has 1 aromatic rings. The summed E-state index contributed by atoms with van der Waals surface area (Å²) in [5.41, 5.74) is 1.37. The molecule has 2 heteroatoms. The number of aryl methyl sites for hydroxylation is 1. The summed E-state index contributed by atoms with van der Waals surface area (Å²) in [6.45, 7) is 9.49. The summed E-state index contributed by atoms with van der Waals surface area (Å²) < 4.78 is 1.56. The topological polar surface area (TPSA) is 0 Å². The third-order valence-corrected chi connectivity index (χ3v) is 10.3. The van der Waals surface area contributed by atoms with E-state index in [-0.39, 0.29) is 0 Å². The molecule has 13 heavy (non-hydrogen) atoms. The Bertz CT molecular complexity index is 258. The number of hydrogen-bond donors (Lipinski definition) is 0. The Labute approximate surface area is 88.9 Å². The summed E-state index contributed by atoms with van der Waals surface area (Å²) in [7, 11) is -0.826. The summed E-state index contributed by atoms with van der Waals surface area (Å²) in [6.07, 6.45) is 0. The van der Waals surface area contributed by atoms with Crippen molar-refractivity contribution >= 4 is 27.5 Å². The van der Waals surface area contributed by atoms with Gasteiger partial charge in [0.15, 0.2) is 0 Å². The van der Waals surface area contributed by atoms with Crippen molar-refractivity contribution in [1.82, 2.24) is 0 Å². The molecule has 0 bridgehead atoms. The Hall–Kier alpha value is -0.0436. The fourth-order valence-corrected chi connectivity index (χ4v) is 6.00. The molecule has 0 nitrogen and oxygen atoms in total. The van der Waals surface area contributed by atoms with Crippen LogP contribution < -0.4 is 4.46 Å². The summed E-state index contributed by atoms with van der Waals surface area (Å²) in [4.78, 5) is 1.46. The van der Waals surface area contributed by atoms with Gasteiger partial charge in [-0.2, -0.15) is 0 Å². The van der Waals surface area contributed by atoms with Crippen LogP contribution in [0.3, 0.4) is 0 Å². The van der Waals surface area contributed by atoms with Crippen LogP contribution in [0.25, 0.3) is 0 Å². The normalized spacial score (nSPS) is 11.7. The van der Waals surface area contributed by atoms with Crippen molar-refractivity contribution in [3.8, 4) is 0 Å². The second-order valence-corrected chi connectivity index (χ2v) is 13.5. The van der Waals surface area contributed by atoms with Gasteiger partial charge in [-0.3, -0.25) is 0 Å². The van der Waals surface area contributed by atoms with Gasteiger partial charge in [-0.05, 0) is 0 Å². The van der Waals surface area contributed by atoms with Crippen molar-refractivity contribution < 1.29 is 0 Å². The van der Waals surface area contributed by atoms with Crippen molar-refractivity contribution in [3.05, 3.63) is 29.8 Å². The third kappa shape index (κ3) is 4.66. The van der Waals surface area contributed by atoms with E-state index in [1.165, 1.54) is 10.5 Å². The molecule has 0 fully saturated rings. The molecule has 0 N–H and O–H groups in total. The Morgan fingerprint density at radius 2 is 1.62 bits per heavy atom. The van der Waals surface area contributed by atoms with E-state index in [9.17, 15) is 0 Å². The van der Waals surface area contributed by atoms with Crippen LogP contribution in [0.1, 0.15) is 5.56 Å². The molecular weight excluding hydrogens is 239 g/mol. The van der Waals surface area contributed by atoms with Gasteiger partial charge in [0.25, 0.3) is 0 Å². The quantitative estimate of drug-likeness (QED) is 0.730.